The van der Waals surface area contributed by atoms with Gasteiger partial charge in [0.05, 0.1) is 11.1 Å². The third kappa shape index (κ3) is 2.24. The van der Waals surface area contributed by atoms with E-state index in [1.165, 1.54) is 23.7 Å². The van der Waals surface area contributed by atoms with Gasteiger partial charge in [-0.3, -0.25) is 19.3 Å². The third-order valence-electron chi connectivity index (χ3n) is 3.98. The van der Waals surface area contributed by atoms with E-state index in [4.69, 9.17) is 0 Å². The van der Waals surface area contributed by atoms with Crippen molar-refractivity contribution in [2.75, 3.05) is 12.4 Å². The van der Waals surface area contributed by atoms with Crippen molar-refractivity contribution in [1.29, 1.82) is 0 Å². The standard InChI is InChI=1S/C16H12N6O3/c1-8-5-6-17-16-19-12(20-22(8)16)13(23)18-9-3-4-10-11(7-9)15(25)21(2)14(10)24/h3-7H,1-2H3,(H,18,23). The minimum Gasteiger partial charge on any atom is -0.319 e. The number of nitrogens with one attached hydrogen (secondary N) is 1. The fourth-order valence-corrected chi connectivity index (χ4v) is 2.63. The number of aryl methyl sites for hydroxylation is 1. The second kappa shape index (κ2) is 5.20. The van der Waals surface area contributed by atoms with Crippen molar-refractivity contribution in [3.8, 4) is 0 Å². The molecule has 0 unspecified atom stereocenters. The summed E-state index contributed by atoms with van der Waals surface area (Å²) in [5.74, 6) is -1.01. The van der Waals surface area contributed by atoms with E-state index in [0.29, 0.717) is 17.0 Å². The molecule has 0 radical (unpaired) electrons. The van der Waals surface area contributed by atoms with Gasteiger partial charge in [0.25, 0.3) is 23.5 Å². The molecule has 0 saturated carbocycles. The molecule has 1 aliphatic heterocycles. The van der Waals surface area contributed by atoms with E-state index in [1.807, 2.05) is 6.92 Å². The van der Waals surface area contributed by atoms with Gasteiger partial charge in [-0.25, -0.2) is 9.50 Å². The first kappa shape index (κ1) is 14.9. The largest absolute Gasteiger partial charge is 0.319 e. The third-order valence-corrected chi connectivity index (χ3v) is 3.98. The summed E-state index contributed by atoms with van der Waals surface area (Å²) in [6.07, 6.45) is 1.58. The average Bonchev–Trinajstić information content (AvgIpc) is 3.13. The Balaban J connectivity index is 1.64. The molecule has 9 nitrogen and oxygen atoms in total. The minimum atomic E-state index is -0.532. The molecule has 1 aromatic carbocycles. The van der Waals surface area contributed by atoms with Gasteiger partial charge < -0.3 is 5.32 Å². The van der Waals surface area contributed by atoms with Gasteiger partial charge in [0.2, 0.25) is 5.82 Å². The van der Waals surface area contributed by atoms with Crippen molar-refractivity contribution in [1.82, 2.24) is 24.5 Å². The maximum absolute atomic E-state index is 12.4. The molecule has 0 fully saturated rings. The van der Waals surface area contributed by atoms with E-state index < -0.39 is 11.8 Å². The molecule has 0 saturated heterocycles. The van der Waals surface area contributed by atoms with Crippen LogP contribution < -0.4 is 5.32 Å². The molecule has 4 rings (SSSR count). The molecule has 3 heterocycles. The van der Waals surface area contributed by atoms with Crippen molar-refractivity contribution in [2.45, 2.75) is 6.92 Å². The average molecular weight is 336 g/mol. The Bertz CT molecular complexity index is 1070. The van der Waals surface area contributed by atoms with Gasteiger partial charge in [-0.1, -0.05) is 0 Å². The molecular formula is C16H12N6O3. The molecule has 0 bridgehead atoms. The van der Waals surface area contributed by atoms with E-state index in [-0.39, 0.29) is 17.3 Å². The number of carbonyl (C=O) groups excluding carboxylic acids is 3. The Morgan fingerprint density at radius 1 is 1.12 bits per heavy atom. The van der Waals surface area contributed by atoms with Crippen LogP contribution in [-0.4, -0.2) is 49.3 Å². The van der Waals surface area contributed by atoms with Crippen LogP contribution in [0.25, 0.3) is 5.78 Å². The molecule has 0 atom stereocenters. The number of benzene rings is 1. The van der Waals surface area contributed by atoms with Crippen LogP contribution in [0.15, 0.2) is 30.5 Å². The van der Waals surface area contributed by atoms with Gasteiger partial charge in [-0.15, -0.1) is 5.10 Å². The summed E-state index contributed by atoms with van der Waals surface area (Å²) in [7, 11) is 1.42. The summed E-state index contributed by atoms with van der Waals surface area (Å²) >= 11 is 0. The zero-order valence-electron chi connectivity index (χ0n) is 13.3. The lowest BCUT2D eigenvalue weighted by Crippen LogP contribution is -2.24. The monoisotopic (exact) mass is 336 g/mol. The van der Waals surface area contributed by atoms with Crippen molar-refractivity contribution in [2.24, 2.45) is 0 Å². The number of anilines is 1. The molecule has 1 aliphatic rings. The van der Waals surface area contributed by atoms with Crippen LogP contribution in [0.2, 0.25) is 0 Å². The highest BCUT2D eigenvalue weighted by Gasteiger charge is 2.32. The SMILES string of the molecule is Cc1ccnc2nc(C(=O)Nc3ccc4c(c3)C(=O)N(C)C4=O)nn12. The Morgan fingerprint density at radius 2 is 1.88 bits per heavy atom. The Labute approximate surface area is 141 Å². The van der Waals surface area contributed by atoms with Crippen LogP contribution in [0.1, 0.15) is 37.0 Å². The van der Waals surface area contributed by atoms with Gasteiger partial charge >= 0.3 is 0 Å². The number of amides is 3. The highest BCUT2D eigenvalue weighted by molar-refractivity contribution is 6.21. The second-order valence-electron chi connectivity index (χ2n) is 5.62. The number of fused-ring (bicyclic) bond motifs is 2. The van der Waals surface area contributed by atoms with Gasteiger partial charge in [0, 0.05) is 24.6 Å². The summed E-state index contributed by atoms with van der Waals surface area (Å²) < 4.78 is 1.47. The molecule has 9 heteroatoms. The van der Waals surface area contributed by atoms with Crippen molar-refractivity contribution >= 4 is 29.2 Å². The predicted octanol–water partition coefficient (Wildman–Crippen LogP) is 0.911. The molecule has 0 spiro atoms. The van der Waals surface area contributed by atoms with E-state index in [2.05, 4.69) is 20.4 Å². The molecule has 124 valence electrons. The van der Waals surface area contributed by atoms with Crippen LogP contribution in [0.5, 0.6) is 0 Å². The Morgan fingerprint density at radius 3 is 2.64 bits per heavy atom. The molecule has 3 amide bonds. The van der Waals surface area contributed by atoms with Gasteiger partial charge in [-0.2, -0.15) is 4.98 Å². The minimum absolute atomic E-state index is 0.0400. The number of imide groups is 1. The van der Waals surface area contributed by atoms with E-state index in [0.717, 1.165) is 10.6 Å². The number of hydrogen-bond acceptors (Lipinski definition) is 6. The summed E-state index contributed by atoms with van der Waals surface area (Å²) in [6, 6.07) is 6.29. The Kier molecular flexibility index (Phi) is 3.11. The van der Waals surface area contributed by atoms with E-state index >= 15 is 0 Å². The first-order chi connectivity index (χ1) is 12.0. The molecule has 0 aliphatic carbocycles. The van der Waals surface area contributed by atoms with Crippen LogP contribution >= 0.6 is 0 Å². The first-order valence-corrected chi connectivity index (χ1v) is 7.42. The van der Waals surface area contributed by atoms with E-state index in [9.17, 15) is 14.4 Å². The molecule has 2 aromatic heterocycles. The van der Waals surface area contributed by atoms with Crippen LogP contribution in [0, 0.1) is 6.92 Å². The maximum atomic E-state index is 12.4. The number of nitrogens with zero attached hydrogens (tertiary/aromatic N) is 5. The molecule has 3 aromatic rings. The summed E-state index contributed by atoms with van der Waals surface area (Å²) in [5.41, 5.74) is 1.74. The van der Waals surface area contributed by atoms with Crippen molar-refractivity contribution < 1.29 is 14.4 Å². The van der Waals surface area contributed by atoms with E-state index in [1.54, 1.807) is 18.3 Å². The number of carbonyl (C=O) groups is 3. The lowest BCUT2D eigenvalue weighted by Gasteiger charge is -2.04. The van der Waals surface area contributed by atoms with Gasteiger partial charge in [-0.05, 0) is 31.2 Å². The number of hydrogen-bond donors (Lipinski definition) is 1. The molecule has 25 heavy (non-hydrogen) atoms. The maximum Gasteiger partial charge on any atom is 0.295 e. The van der Waals surface area contributed by atoms with Crippen LogP contribution in [-0.2, 0) is 0 Å². The summed E-state index contributed by atoms with van der Waals surface area (Å²) in [4.78, 5) is 45.4. The second-order valence-corrected chi connectivity index (χ2v) is 5.62. The summed E-state index contributed by atoms with van der Waals surface area (Å²) in [6.45, 7) is 1.82. The number of aromatic nitrogens is 4. The van der Waals surface area contributed by atoms with Crippen LogP contribution in [0.4, 0.5) is 5.69 Å². The molecule has 1 N–H and O–H groups in total. The van der Waals surface area contributed by atoms with Crippen molar-refractivity contribution in [3.63, 3.8) is 0 Å². The zero-order chi connectivity index (χ0) is 17.7. The number of rotatable bonds is 2. The summed E-state index contributed by atoms with van der Waals surface area (Å²) in [5, 5.41) is 6.75. The quantitative estimate of drug-likeness (QED) is 0.697. The first-order valence-electron chi connectivity index (χ1n) is 7.42. The predicted molar refractivity (Wildman–Crippen MR) is 86.3 cm³/mol. The Hall–Kier alpha value is -3.62. The highest BCUT2D eigenvalue weighted by Crippen LogP contribution is 2.24. The fraction of sp³-hybridized carbons (Fsp3) is 0.125. The lowest BCUT2D eigenvalue weighted by molar-refractivity contribution is 0.0692. The zero-order valence-corrected chi connectivity index (χ0v) is 13.3. The van der Waals surface area contributed by atoms with Gasteiger partial charge in [0.15, 0.2) is 0 Å². The smallest absolute Gasteiger partial charge is 0.295 e. The van der Waals surface area contributed by atoms with Gasteiger partial charge in [0.1, 0.15) is 0 Å². The molecular weight excluding hydrogens is 324 g/mol. The van der Waals surface area contributed by atoms with Crippen LogP contribution in [0.3, 0.4) is 0 Å². The lowest BCUT2D eigenvalue weighted by atomic mass is 10.1. The topological polar surface area (TPSA) is 110 Å². The fourth-order valence-electron chi connectivity index (χ4n) is 2.63. The normalized spacial score (nSPS) is 13.4. The highest BCUT2D eigenvalue weighted by atomic mass is 16.2. The van der Waals surface area contributed by atoms with Crippen molar-refractivity contribution in [3.05, 3.63) is 53.1 Å².